The van der Waals surface area contributed by atoms with Crippen molar-refractivity contribution in [2.75, 3.05) is 15.4 Å². The summed E-state index contributed by atoms with van der Waals surface area (Å²) in [6.45, 7) is 3.78. The molecule has 0 unspecified atom stereocenters. The predicted molar refractivity (Wildman–Crippen MR) is 133 cm³/mol. The quantitative estimate of drug-likeness (QED) is 0.396. The largest absolute Gasteiger partial charge is 0.335 e. The number of carbonyl (C=O) groups is 2. The smallest absolute Gasteiger partial charge is 0.319 e. The topological polar surface area (TPSA) is 116 Å². The van der Waals surface area contributed by atoms with Gasteiger partial charge in [-0.15, -0.1) is 0 Å². The summed E-state index contributed by atoms with van der Waals surface area (Å²) in [6.07, 6.45) is 2.02. The first-order chi connectivity index (χ1) is 16.2. The van der Waals surface area contributed by atoms with Crippen molar-refractivity contribution in [3.05, 3.63) is 83.4 Å². The van der Waals surface area contributed by atoms with E-state index in [1.807, 2.05) is 13.8 Å². The lowest BCUT2D eigenvalue weighted by Crippen LogP contribution is -2.30. The fourth-order valence-corrected chi connectivity index (χ4v) is 4.35. The van der Waals surface area contributed by atoms with Crippen molar-refractivity contribution in [2.24, 2.45) is 0 Å². The molecule has 0 bridgehead atoms. The third-order valence-corrected chi connectivity index (χ3v) is 6.88. The molecular formula is C25H26N4O4S. The highest BCUT2D eigenvalue weighted by Gasteiger charge is 2.23. The van der Waals surface area contributed by atoms with E-state index in [1.165, 1.54) is 0 Å². The lowest BCUT2D eigenvalue weighted by molar-refractivity contribution is 0.102. The lowest BCUT2D eigenvalue weighted by atomic mass is 10.1. The molecule has 0 heterocycles. The van der Waals surface area contributed by atoms with E-state index in [4.69, 9.17) is 0 Å². The van der Waals surface area contributed by atoms with Gasteiger partial charge < -0.3 is 16.0 Å². The number of anilines is 3. The number of aryl methyl sites for hydroxylation is 2. The Morgan fingerprint density at radius 1 is 0.765 bits per heavy atom. The zero-order valence-corrected chi connectivity index (χ0v) is 19.7. The molecule has 176 valence electrons. The molecule has 0 atom stereocenters. The van der Waals surface area contributed by atoms with E-state index in [2.05, 4.69) is 20.7 Å². The van der Waals surface area contributed by atoms with Gasteiger partial charge in [-0.2, -0.15) is 0 Å². The lowest BCUT2D eigenvalue weighted by Gasteiger charge is -2.11. The van der Waals surface area contributed by atoms with Gasteiger partial charge >= 0.3 is 6.03 Å². The number of nitrogens with one attached hydrogen (secondary N) is 4. The molecule has 1 aliphatic rings. The summed E-state index contributed by atoms with van der Waals surface area (Å²) in [6, 6.07) is 17.9. The minimum atomic E-state index is -3.74. The van der Waals surface area contributed by atoms with Crippen LogP contribution in [0.2, 0.25) is 0 Å². The first kappa shape index (κ1) is 23.3. The summed E-state index contributed by atoms with van der Waals surface area (Å²) >= 11 is 0. The molecule has 1 saturated carbocycles. The van der Waals surface area contributed by atoms with E-state index in [-0.39, 0.29) is 22.9 Å². The van der Waals surface area contributed by atoms with Gasteiger partial charge in [0, 0.05) is 28.7 Å². The number of sulfonamides is 1. The summed E-state index contributed by atoms with van der Waals surface area (Å²) in [5, 5.41) is 8.37. The average molecular weight is 479 g/mol. The number of hydrogen-bond donors (Lipinski definition) is 4. The number of amides is 3. The summed E-state index contributed by atoms with van der Waals surface area (Å²) in [5.41, 5.74) is 3.82. The Labute approximate surface area is 198 Å². The third kappa shape index (κ3) is 5.93. The van der Waals surface area contributed by atoms with Crippen LogP contribution in [0.25, 0.3) is 0 Å². The van der Waals surface area contributed by atoms with Crippen LogP contribution >= 0.6 is 0 Å². The summed E-state index contributed by atoms with van der Waals surface area (Å²) in [7, 11) is -3.74. The number of urea groups is 1. The third-order valence-electron chi connectivity index (χ3n) is 5.50. The van der Waals surface area contributed by atoms with Gasteiger partial charge in [-0.25, -0.2) is 13.2 Å². The van der Waals surface area contributed by atoms with Gasteiger partial charge in [-0.1, -0.05) is 6.07 Å². The molecule has 0 aromatic heterocycles. The molecule has 8 nitrogen and oxygen atoms in total. The van der Waals surface area contributed by atoms with Crippen LogP contribution in [-0.2, 0) is 10.0 Å². The van der Waals surface area contributed by atoms with E-state index >= 15 is 0 Å². The van der Waals surface area contributed by atoms with Crippen molar-refractivity contribution in [3.8, 4) is 0 Å². The fourth-order valence-electron chi connectivity index (χ4n) is 3.21. The van der Waals surface area contributed by atoms with Crippen molar-refractivity contribution < 1.29 is 18.0 Å². The van der Waals surface area contributed by atoms with Crippen LogP contribution in [0.5, 0.6) is 0 Å². The van der Waals surface area contributed by atoms with Gasteiger partial charge in [-0.3, -0.25) is 9.52 Å². The Morgan fingerprint density at radius 2 is 1.35 bits per heavy atom. The molecule has 3 aromatic carbocycles. The molecular weight excluding hydrogens is 452 g/mol. The zero-order chi connectivity index (χ0) is 24.3. The van der Waals surface area contributed by atoms with Crippen LogP contribution in [0.1, 0.15) is 34.3 Å². The zero-order valence-electron chi connectivity index (χ0n) is 18.9. The molecule has 0 aliphatic heterocycles. The van der Waals surface area contributed by atoms with Crippen molar-refractivity contribution in [1.29, 1.82) is 0 Å². The maximum Gasteiger partial charge on any atom is 0.319 e. The van der Waals surface area contributed by atoms with Gasteiger partial charge in [0.2, 0.25) is 0 Å². The highest BCUT2D eigenvalue weighted by molar-refractivity contribution is 7.92. The predicted octanol–water partition coefficient (Wildman–Crippen LogP) is 4.64. The van der Waals surface area contributed by atoms with Gasteiger partial charge in [0.25, 0.3) is 15.9 Å². The summed E-state index contributed by atoms with van der Waals surface area (Å²) in [5.74, 6) is -0.337. The Balaban J connectivity index is 1.35. The first-order valence-electron chi connectivity index (χ1n) is 10.9. The number of hydrogen-bond acceptors (Lipinski definition) is 4. The Hall–Kier alpha value is -3.85. The number of rotatable bonds is 7. The van der Waals surface area contributed by atoms with Crippen LogP contribution in [-0.4, -0.2) is 26.4 Å². The second-order valence-corrected chi connectivity index (χ2v) is 10.0. The van der Waals surface area contributed by atoms with E-state index in [0.29, 0.717) is 22.6 Å². The van der Waals surface area contributed by atoms with Crippen molar-refractivity contribution in [3.63, 3.8) is 0 Å². The molecule has 0 saturated heterocycles. The molecule has 3 amide bonds. The standard InChI is InChI=1S/C25H26N4O4S/c1-16-3-14-23(15-17(16)2)34(32,33)29-22-6-4-18(5-7-22)24(30)26-19-8-10-20(11-9-19)27-25(31)28-21-12-13-21/h3-11,14-15,21,29H,12-13H2,1-2H3,(H,26,30)(H2,27,28,31). The molecule has 0 spiro atoms. The molecule has 4 N–H and O–H groups in total. The van der Waals surface area contributed by atoms with E-state index < -0.39 is 10.0 Å². The highest BCUT2D eigenvalue weighted by Crippen LogP contribution is 2.21. The van der Waals surface area contributed by atoms with Gasteiger partial charge in [0.05, 0.1) is 4.90 Å². The first-order valence-corrected chi connectivity index (χ1v) is 12.4. The van der Waals surface area contributed by atoms with Crippen LogP contribution in [0, 0.1) is 13.8 Å². The Kier molecular flexibility index (Phi) is 6.56. The Morgan fingerprint density at radius 3 is 1.94 bits per heavy atom. The van der Waals surface area contributed by atoms with E-state index in [9.17, 15) is 18.0 Å². The number of benzene rings is 3. The fraction of sp³-hybridized carbons (Fsp3) is 0.200. The number of carbonyl (C=O) groups excluding carboxylic acids is 2. The molecule has 4 rings (SSSR count). The average Bonchev–Trinajstić information content (AvgIpc) is 3.61. The molecule has 34 heavy (non-hydrogen) atoms. The van der Waals surface area contributed by atoms with Gasteiger partial charge in [0.15, 0.2) is 0 Å². The minimum Gasteiger partial charge on any atom is -0.335 e. The molecule has 1 aliphatic carbocycles. The second-order valence-electron chi connectivity index (χ2n) is 8.33. The molecule has 1 fully saturated rings. The monoisotopic (exact) mass is 478 g/mol. The van der Waals surface area contributed by atoms with Crippen LogP contribution in [0.4, 0.5) is 21.9 Å². The van der Waals surface area contributed by atoms with E-state index in [1.54, 1.807) is 66.7 Å². The van der Waals surface area contributed by atoms with Crippen molar-refractivity contribution >= 4 is 39.0 Å². The van der Waals surface area contributed by atoms with Crippen molar-refractivity contribution in [2.45, 2.75) is 37.6 Å². The maximum absolute atomic E-state index is 12.7. The highest BCUT2D eigenvalue weighted by atomic mass is 32.2. The molecule has 0 radical (unpaired) electrons. The summed E-state index contributed by atoms with van der Waals surface area (Å²) in [4.78, 5) is 24.5. The SMILES string of the molecule is Cc1ccc(S(=O)(=O)Nc2ccc(C(=O)Nc3ccc(NC(=O)NC4CC4)cc3)cc2)cc1C. The van der Waals surface area contributed by atoms with E-state index in [0.717, 1.165) is 24.0 Å². The van der Waals surface area contributed by atoms with Gasteiger partial charge in [0.1, 0.15) is 0 Å². The van der Waals surface area contributed by atoms with Gasteiger partial charge in [-0.05, 0) is 98.5 Å². The van der Waals surface area contributed by atoms with Crippen LogP contribution in [0.3, 0.4) is 0 Å². The summed E-state index contributed by atoms with van der Waals surface area (Å²) < 4.78 is 27.8. The molecule has 3 aromatic rings. The Bertz CT molecular complexity index is 1320. The van der Waals surface area contributed by atoms with Crippen molar-refractivity contribution in [1.82, 2.24) is 5.32 Å². The second kappa shape index (κ2) is 9.56. The normalized spacial score (nSPS) is 13.1. The minimum absolute atomic E-state index is 0.181. The van der Waals surface area contributed by atoms with Crippen LogP contribution in [0.15, 0.2) is 71.6 Å². The molecule has 9 heteroatoms. The maximum atomic E-state index is 12.7. The van der Waals surface area contributed by atoms with Crippen LogP contribution < -0.4 is 20.7 Å².